The number of thiophene rings is 1. The number of carbonyl (C=O) groups is 2. The van der Waals surface area contributed by atoms with Crippen LogP contribution in [0.4, 0.5) is 0 Å². The van der Waals surface area contributed by atoms with Crippen LogP contribution in [-0.4, -0.2) is 44.4 Å². The highest BCUT2D eigenvalue weighted by molar-refractivity contribution is 7.13. The number of rotatable bonds is 4. The van der Waals surface area contributed by atoms with Crippen LogP contribution in [0.25, 0.3) is 16.2 Å². The molecular formula is C17H17N5O2S. The van der Waals surface area contributed by atoms with Gasteiger partial charge in [-0.15, -0.1) is 11.3 Å². The molecule has 1 unspecified atom stereocenters. The maximum Gasteiger partial charge on any atom is 0.259 e. The highest BCUT2D eigenvalue weighted by atomic mass is 32.1. The summed E-state index contributed by atoms with van der Waals surface area (Å²) < 4.78 is 1.70. The molecule has 8 heteroatoms. The number of nitrogens with zero attached hydrogens (tertiary/aromatic N) is 4. The van der Waals surface area contributed by atoms with Gasteiger partial charge in [0.15, 0.2) is 5.65 Å². The smallest absolute Gasteiger partial charge is 0.259 e. The molecule has 1 saturated heterocycles. The molecule has 0 aromatic carbocycles. The second kappa shape index (κ2) is 6.29. The van der Waals surface area contributed by atoms with E-state index in [0.717, 1.165) is 17.0 Å². The summed E-state index contributed by atoms with van der Waals surface area (Å²) in [4.78, 5) is 31.1. The van der Waals surface area contributed by atoms with Crippen molar-refractivity contribution in [3.63, 3.8) is 0 Å². The van der Waals surface area contributed by atoms with Crippen LogP contribution < -0.4 is 5.73 Å². The molecule has 0 saturated carbocycles. The number of hydrogen-bond donors (Lipinski definition) is 1. The first kappa shape index (κ1) is 15.8. The van der Waals surface area contributed by atoms with Crippen molar-refractivity contribution in [3.8, 4) is 10.6 Å². The number of fused-ring (bicyclic) bond motifs is 1. The number of hydrogen-bond acceptors (Lipinski definition) is 5. The van der Waals surface area contributed by atoms with Gasteiger partial charge in [-0.1, -0.05) is 6.07 Å². The van der Waals surface area contributed by atoms with E-state index in [1.807, 2.05) is 23.6 Å². The van der Waals surface area contributed by atoms with Gasteiger partial charge in [0.25, 0.3) is 5.91 Å². The van der Waals surface area contributed by atoms with Crippen molar-refractivity contribution in [3.05, 3.63) is 41.5 Å². The maximum atomic E-state index is 12.9. The molecule has 4 rings (SSSR count). The summed E-state index contributed by atoms with van der Waals surface area (Å²) in [6, 6.07) is 5.88. The molecule has 4 heterocycles. The molecule has 25 heavy (non-hydrogen) atoms. The zero-order chi connectivity index (χ0) is 17.4. The fourth-order valence-corrected chi connectivity index (χ4v) is 4.03. The number of nitrogens with two attached hydrogens (primary N) is 1. The second-order valence-corrected chi connectivity index (χ2v) is 7.13. The van der Waals surface area contributed by atoms with Crippen molar-refractivity contribution in [2.75, 3.05) is 13.1 Å². The number of primary amides is 1. The summed E-state index contributed by atoms with van der Waals surface area (Å²) in [7, 11) is 0. The summed E-state index contributed by atoms with van der Waals surface area (Å²) in [6.45, 7) is 1.17. The number of carbonyl (C=O) groups excluding carboxylic acids is 2. The monoisotopic (exact) mass is 355 g/mol. The molecule has 128 valence electrons. The van der Waals surface area contributed by atoms with Crippen molar-refractivity contribution in [1.29, 1.82) is 0 Å². The Morgan fingerprint density at radius 1 is 1.36 bits per heavy atom. The van der Waals surface area contributed by atoms with Crippen molar-refractivity contribution in [1.82, 2.24) is 19.5 Å². The van der Waals surface area contributed by atoms with Crippen molar-refractivity contribution >= 4 is 28.8 Å². The third-order valence-corrected chi connectivity index (χ3v) is 5.36. The molecule has 2 amide bonds. The Balaban J connectivity index is 1.63. The van der Waals surface area contributed by atoms with Crippen molar-refractivity contribution < 1.29 is 9.59 Å². The van der Waals surface area contributed by atoms with Gasteiger partial charge < -0.3 is 10.6 Å². The summed E-state index contributed by atoms with van der Waals surface area (Å²) in [5, 5.41) is 6.37. The van der Waals surface area contributed by atoms with E-state index in [2.05, 4.69) is 10.1 Å². The molecule has 7 nitrogen and oxygen atoms in total. The first-order chi connectivity index (χ1) is 12.1. The largest absolute Gasteiger partial charge is 0.370 e. The predicted octanol–water partition coefficient (Wildman–Crippen LogP) is 1.80. The minimum Gasteiger partial charge on any atom is -0.370 e. The molecule has 3 aromatic heterocycles. The van der Waals surface area contributed by atoms with Crippen LogP contribution in [0.5, 0.6) is 0 Å². The highest BCUT2D eigenvalue weighted by Gasteiger charge is 2.30. The van der Waals surface area contributed by atoms with E-state index in [4.69, 9.17) is 5.73 Å². The Morgan fingerprint density at radius 2 is 2.24 bits per heavy atom. The second-order valence-electron chi connectivity index (χ2n) is 6.18. The van der Waals surface area contributed by atoms with E-state index in [1.165, 1.54) is 0 Å². The number of aromatic nitrogens is 3. The lowest BCUT2D eigenvalue weighted by Crippen LogP contribution is -2.29. The highest BCUT2D eigenvalue weighted by Crippen LogP contribution is 2.27. The minimum atomic E-state index is -0.322. The molecule has 0 spiro atoms. The first-order valence-corrected chi connectivity index (χ1v) is 8.95. The topological polar surface area (TPSA) is 93.6 Å². The molecule has 1 aliphatic rings. The van der Waals surface area contributed by atoms with Gasteiger partial charge in [0.2, 0.25) is 5.91 Å². The van der Waals surface area contributed by atoms with Crippen molar-refractivity contribution in [2.24, 2.45) is 11.7 Å². The Morgan fingerprint density at radius 3 is 3.00 bits per heavy atom. The van der Waals surface area contributed by atoms with Crippen LogP contribution in [-0.2, 0) is 4.79 Å². The van der Waals surface area contributed by atoms with E-state index in [9.17, 15) is 9.59 Å². The van der Waals surface area contributed by atoms with Crippen LogP contribution in [0.1, 0.15) is 23.2 Å². The van der Waals surface area contributed by atoms with Crippen molar-refractivity contribution in [2.45, 2.75) is 12.8 Å². The standard InChI is InChI=1S/C17H17N5O2S/c18-15(23)8-11-4-6-21(10-11)17(24)12-9-20-22-13(3-5-19-16(12)22)14-2-1-7-25-14/h1-3,5,7,9,11H,4,6,8,10H2,(H2,18,23). The fourth-order valence-electron chi connectivity index (χ4n) is 3.29. The number of amides is 2. The van der Waals surface area contributed by atoms with Crippen LogP contribution in [0.2, 0.25) is 0 Å². The lowest BCUT2D eigenvalue weighted by molar-refractivity contribution is -0.118. The zero-order valence-electron chi connectivity index (χ0n) is 13.5. The maximum absolute atomic E-state index is 12.9. The van der Waals surface area contributed by atoms with Gasteiger partial charge in [-0.3, -0.25) is 9.59 Å². The third-order valence-electron chi connectivity index (χ3n) is 4.47. The zero-order valence-corrected chi connectivity index (χ0v) is 14.3. The Bertz CT molecular complexity index is 934. The van der Waals surface area contributed by atoms with E-state index in [1.54, 1.807) is 33.1 Å². The Labute approximate surface area is 148 Å². The van der Waals surface area contributed by atoms with Gasteiger partial charge in [0.1, 0.15) is 5.56 Å². The predicted molar refractivity (Wildman–Crippen MR) is 94.1 cm³/mol. The van der Waals surface area contributed by atoms with Crippen LogP contribution >= 0.6 is 11.3 Å². The first-order valence-electron chi connectivity index (χ1n) is 8.07. The fraction of sp³-hybridized carbons (Fsp3) is 0.294. The summed E-state index contributed by atoms with van der Waals surface area (Å²) in [6.07, 6.45) is 4.38. The minimum absolute atomic E-state index is 0.0993. The molecule has 1 atom stereocenters. The van der Waals surface area contributed by atoms with E-state index < -0.39 is 0 Å². The average Bonchev–Trinajstić information content (AvgIpc) is 3.33. The summed E-state index contributed by atoms with van der Waals surface area (Å²) in [5.41, 5.74) is 7.21. The molecular weight excluding hydrogens is 338 g/mol. The molecule has 2 N–H and O–H groups in total. The summed E-state index contributed by atoms with van der Waals surface area (Å²) in [5.74, 6) is -0.284. The SMILES string of the molecule is NC(=O)CC1CCN(C(=O)c2cnn3c(-c4cccs4)ccnc23)C1. The lowest BCUT2D eigenvalue weighted by atomic mass is 10.1. The molecule has 0 bridgehead atoms. The Kier molecular flexibility index (Phi) is 3.96. The van der Waals surface area contributed by atoms with Gasteiger partial charge in [-0.05, 0) is 29.9 Å². The van der Waals surface area contributed by atoms with Crippen LogP contribution in [0.15, 0.2) is 36.0 Å². The number of likely N-dealkylation sites (tertiary alicyclic amines) is 1. The molecule has 1 aliphatic heterocycles. The van der Waals surface area contributed by atoms with E-state index in [0.29, 0.717) is 30.7 Å². The van der Waals surface area contributed by atoms with Gasteiger partial charge in [0, 0.05) is 25.7 Å². The Hall–Kier alpha value is -2.74. The molecule has 1 fully saturated rings. The quantitative estimate of drug-likeness (QED) is 0.772. The molecule has 3 aromatic rings. The molecule has 0 aliphatic carbocycles. The lowest BCUT2D eigenvalue weighted by Gasteiger charge is -2.15. The van der Waals surface area contributed by atoms with Crippen LogP contribution in [0.3, 0.4) is 0 Å². The molecule has 0 radical (unpaired) electrons. The third kappa shape index (κ3) is 2.89. The van der Waals surface area contributed by atoms with Crippen LogP contribution in [0, 0.1) is 5.92 Å². The average molecular weight is 355 g/mol. The normalized spacial score (nSPS) is 17.3. The van der Waals surface area contributed by atoms with Gasteiger partial charge in [0.05, 0.1) is 16.8 Å². The van der Waals surface area contributed by atoms with Gasteiger partial charge >= 0.3 is 0 Å². The van der Waals surface area contributed by atoms with E-state index in [-0.39, 0.29) is 17.7 Å². The van der Waals surface area contributed by atoms with E-state index >= 15 is 0 Å². The van der Waals surface area contributed by atoms with Gasteiger partial charge in [-0.25, -0.2) is 9.50 Å². The van der Waals surface area contributed by atoms with Gasteiger partial charge in [-0.2, -0.15) is 5.10 Å². The summed E-state index contributed by atoms with van der Waals surface area (Å²) >= 11 is 1.61.